The van der Waals surface area contributed by atoms with E-state index in [0.717, 1.165) is 11.1 Å². The normalized spacial score (nSPS) is 14.4. The minimum Gasteiger partial charge on any atom is -0.328 e. The van der Waals surface area contributed by atoms with Crippen molar-refractivity contribution in [3.63, 3.8) is 0 Å². The average molecular weight is 386 g/mol. The molecule has 1 saturated heterocycles. The minimum absolute atomic E-state index is 0.171. The van der Waals surface area contributed by atoms with Gasteiger partial charge in [0.2, 0.25) is 5.91 Å². The van der Waals surface area contributed by atoms with E-state index < -0.39 is 11.8 Å². The molecule has 27 heavy (non-hydrogen) atoms. The monoisotopic (exact) mass is 385 g/mol. The maximum Gasteiger partial charge on any atom is 0.312 e. The number of carbonyl (C=O) groups excluding carboxylic acids is 3. The lowest BCUT2D eigenvalue weighted by Crippen LogP contribution is -2.55. The fraction of sp³-hybridized carbons (Fsp3) is 0.250. The van der Waals surface area contributed by atoms with E-state index in [-0.39, 0.29) is 12.5 Å². The van der Waals surface area contributed by atoms with Crippen molar-refractivity contribution >= 4 is 35.0 Å². The largest absolute Gasteiger partial charge is 0.328 e. The molecule has 2 aromatic rings. The van der Waals surface area contributed by atoms with Crippen molar-refractivity contribution in [2.45, 2.75) is 13.5 Å². The summed E-state index contributed by atoms with van der Waals surface area (Å²) in [6, 6.07) is 14.7. The molecule has 7 heteroatoms. The average Bonchev–Trinajstić information content (AvgIpc) is 2.66. The number of piperazine rings is 1. The Morgan fingerprint density at radius 2 is 1.67 bits per heavy atom. The van der Waals surface area contributed by atoms with Crippen molar-refractivity contribution in [2.75, 3.05) is 25.0 Å². The number of hydrogen-bond acceptors (Lipinski definition) is 3. The Kier molecular flexibility index (Phi) is 5.76. The highest BCUT2D eigenvalue weighted by Crippen LogP contribution is 2.23. The fourth-order valence-corrected chi connectivity index (χ4v) is 3.10. The van der Waals surface area contributed by atoms with Crippen LogP contribution in [-0.4, -0.2) is 47.2 Å². The van der Waals surface area contributed by atoms with Crippen molar-refractivity contribution in [1.82, 2.24) is 9.80 Å². The van der Waals surface area contributed by atoms with Gasteiger partial charge >= 0.3 is 11.8 Å². The molecule has 0 saturated carbocycles. The molecule has 1 heterocycles. The molecule has 0 bridgehead atoms. The number of nitrogens with one attached hydrogen (secondary N) is 1. The van der Waals surface area contributed by atoms with Gasteiger partial charge in [-0.1, -0.05) is 48.0 Å². The second-order valence-corrected chi connectivity index (χ2v) is 6.81. The molecule has 6 nitrogen and oxygen atoms in total. The number of rotatable bonds is 5. The van der Waals surface area contributed by atoms with Crippen LogP contribution in [0.25, 0.3) is 0 Å². The van der Waals surface area contributed by atoms with Crippen molar-refractivity contribution in [3.8, 4) is 0 Å². The van der Waals surface area contributed by atoms with Crippen LogP contribution in [0, 0.1) is 6.92 Å². The maximum absolute atomic E-state index is 12.4. The SMILES string of the molecule is Cc1c(Cl)cccc1NC(=O)CN1CCN(Cc2ccccc2)C(=O)C1=O. The summed E-state index contributed by atoms with van der Waals surface area (Å²) in [5, 5.41) is 3.29. The number of amides is 3. The standard InChI is InChI=1S/C20H20ClN3O3/c1-14-16(21)8-5-9-17(14)22-18(25)13-24-11-10-23(19(26)20(24)27)12-15-6-3-2-4-7-15/h2-9H,10-13H2,1H3,(H,22,25). The Balaban J connectivity index is 1.59. The van der Waals surface area contributed by atoms with E-state index in [1.165, 1.54) is 9.80 Å². The minimum atomic E-state index is -0.657. The smallest absolute Gasteiger partial charge is 0.312 e. The van der Waals surface area contributed by atoms with E-state index in [2.05, 4.69) is 5.32 Å². The zero-order chi connectivity index (χ0) is 19.4. The number of nitrogens with zero attached hydrogens (tertiary/aromatic N) is 2. The Hall–Kier alpha value is -2.86. The molecular formula is C20H20ClN3O3. The summed E-state index contributed by atoms with van der Waals surface area (Å²) in [6.07, 6.45) is 0. The van der Waals surface area contributed by atoms with E-state index in [1.54, 1.807) is 25.1 Å². The molecule has 1 aliphatic rings. The first-order valence-corrected chi connectivity index (χ1v) is 9.00. The van der Waals surface area contributed by atoms with Crippen molar-refractivity contribution < 1.29 is 14.4 Å². The number of hydrogen-bond donors (Lipinski definition) is 1. The zero-order valence-electron chi connectivity index (χ0n) is 14.9. The van der Waals surface area contributed by atoms with E-state index in [9.17, 15) is 14.4 Å². The third-order valence-electron chi connectivity index (χ3n) is 4.49. The van der Waals surface area contributed by atoms with Gasteiger partial charge in [0.1, 0.15) is 6.54 Å². The highest BCUT2D eigenvalue weighted by atomic mass is 35.5. The summed E-state index contributed by atoms with van der Waals surface area (Å²) in [7, 11) is 0. The zero-order valence-corrected chi connectivity index (χ0v) is 15.7. The van der Waals surface area contributed by atoms with Crippen LogP contribution in [0.2, 0.25) is 5.02 Å². The summed E-state index contributed by atoms with van der Waals surface area (Å²) in [5.74, 6) is -1.61. The van der Waals surface area contributed by atoms with Crippen LogP contribution in [0.15, 0.2) is 48.5 Å². The first kappa shape index (κ1) is 18.9. The molecule has 3 rings (SSSR count). The van der Waals surface area contributed by atoms with Gasteiger partial charge < -0.3 is 15.1 Å². The van der Waals surface area contributed by atoms with Crippen molar-refractivity contribution in [1.29, 1.82) is 0 Å². The quantitative estimate of drug-likeness (QED) is 0.804. The first-order valence-electron chi connectivity index (χ1n) is 8.63. The Morgan fingerprint density at radius 3 is 2.41 bits per heavy atom. The summed E-state index contributed by atoms with van der Waals surface area (Å²) in [6.45, 7) is 2.72. The highest BCUT2D eigenvalue weighted by Gasteiger charge is 2.33. The van der Waals surface area contributed by atoms with Crippen LogP contribution in [0.4, 0.5) is 5.69 Å². The van der Waals surface area contributed by atoms with Crippen LogP contribution >= 0.6 is 11.6 Å². The molecule has 0 radical (unpaired) electrons. The van der Waals surface area contributed by atoms with Crippen molar-refractivity contribution in [2.24, 2.45) is 0 Å². The van der Waals surface area contributed by atoms with Crippen LogP contribution in [0.1, 0.15) is 11.1 Å². The molecular weight excluding hydrogens is 366 g/mol. The molecule has 1 N–H and O–H groups in total. The predicted molar refractivity (Wildman–Crippen MR) is 103 cm³/mol. The van der Waals surface area contributed by atoms with Gasteiger partial charge in [-0.2, -0.15) is 0 Å². The molecule has 1 fully saturated rings. The number of benzene rings is 2. The molecule has 3 amide bonds. The van der Waals surface area contributed by atoms with Gasteiger partial charge in [0.25, 0.3) is 0 Å². The molecule has 1 aliphatic heterocycles. The summed E-state index contributed by atoms with van der Waals surface area (Å²) in [4.78, 5) is 39.8. The van der Waals surface area contributed by atoms with Crippen LogP contribution in [0.5, 0.6) is 0 Å². The van der Waals surface area contributed by atoms with Gasteiger partial charge in [-0.25, -0.2) is 0 Å². The van der Waals surface area contributed by atoms with E-state index in [4.69, 9.17) is 11.6 Å². The molecule has 0 atom stereocenters. The van der Waals surface area contributed by atoms with E-state index in [0.29, 0.717) is 30.3 Å². The third kappa shape index (κ3) is 4.46. The molecule has 0 unspecified atom stereocenters. The topological polar surface area (TPSA) is 69.7 Å². The maximum atomic E-state index is 12.4. The lowest BCUT2D eigenvalue weighted by Gasteiger charge is -2.33. The Morgan fingerprint density at radius 1 is 1.00 bits per heavy atom. The highest BCUT2D eigenvalue weighted by molar-refractivity contribution is 6.35. The molecule has 2 aromatic carbocycles. The lowest BCUT2D eigenvalue weighted by molar-refractivity contribution is -0.157. The summed E-state index contributed by atoms with van der Waals surface area (Å²) >= 11 is 6.05. The third-order valence-corrected chi connectivity index (χ3v) is 4.90. The predicted octanol–water partition coefficient (Wildman–Crippen LogP) is 2.46. The lowest BCUT2D eigenvalue weighted by atomic mass is 10.2. The van der Waals surface area contributed by atoms with Crippen LogP contribution < -0.4 is 5.32 Å². The molecule has 140 valence electrons. The van der Waals surface area contributed by atoms with Gasteiger partial charge in [-0.15, -0.1) is 0 Å². The van der Waals surface area contributed by atoms with Crippen LogP contribution in [0.3, 0.4) is 0 Å². The van der Waals surface area contributed by atoms with Gasteiger partial charge in [0.05, 0.1) is 0 Å². The van der Waals surface area contributed by atoms with Gasteiger partial charge in [-0.3, -0.25) is 14.4 Å². The van der Waals surface area contributed by atoms with Gasteiger partial charge in [0.15, 0.2) is 0 Å². The van der Waals surface area contributed by atoms with E-state index in [1.807, 2.05) is 30.3 Å². The number of anilines is 1. The number of halogens is 1. The van der Waals surface area contributed by atoms with E-state index >= 15 is 0 Å². The van der Waals surface area contributed by atoms with Gasteiger partial charge in [-0.05, 0) is 30.2 Å². The number of carbonyl (C=O) groups is 3. The Labute approximate surface area is 162 Å². The molecule has 0 spiro atoms. The molecule has 0 aromatic heterocycles. The first-order chi connectivity index (χ1) is 13.0. The fourth-order valence-electron chi connectivity index (χ4n) is 2.93. The Bertz CT molecular complexity index is 870. The van der Waals surface area contributed by atoms with Crippen molar-refractivity contribution in [3.05, 3.63) is 64.7 Å². The van der Waals surface area contributed by atoms with Crippen LogP contribution in [-0.2, 0) is 20.9 Å². The summed E-state index contributed by atoms with van der Waals surface area (Å²) in [5.41, 5.74) is 2.30. The molecule has 0 aliphatic carbocycles. The van der Waals surface area contributed by atoms with Gasteiger partial charge in [0, 0.05) is 30.3 Å². The second-order valence-electron chi connectivity index (χ2n) is 6.40. The second kappa shape index (κ2) is 8.22. The summed E-state index contributed by atoms with van der Waals surface area (Å²) < 4.78 is 0.